The van der Waals surface area contributed by atoms with Crippen LogP contribution in [0.5, 0.6) is 0 Å². The van der Waals surface area contributed by atoms with Crippen LogP contribution in [0.15, 0.2) is 70.1 Å². The Hall–Kier alpha value is -3.78. The number of hydrazine groups is 2. The van der Waals surface area contributed by atoms with Gasteiger partial charge in [-0.3, -0.25) is 35.5 Å². The topological polar surface area (TPSA) is 158 Å². The summed E-state index contributed by atoms with van der Waals surface area (Å²) in [5.74, 6) is -1.79. The molecular formula is C21H26N6O6S2. The maximum atomic E-state index is 12.5. The first-order valence-electron chi connectivity index (χ1n) is 10.1. The summed E-state index contributed by atoms with van der Waals surface area (Å²) in [5.41, 5.74) is 5.87. The highest BCUT2D eigenvalue weighted by molar-refractivity contribution is 7.89. The molecule has 0 heterocycles. The van der Waals surface area contributed by atoms with Crippen LogP contribution in [0.1, 0.15) is 17.5 Å². The summed E-state index contributed by atoms with van der Waals surface area (Å²) in [6, 6.07) is 16.9. The summed E-state index contributed by atoms with van der Waals surface area (Å²) in [4.78, 5) is 28.9. The molecule has 2 rings (SSSR count). The quantitative estimate of drug-likeness (QED) is 0.147. The number of nitrogens with one attached hydrogen (secondary N) is 2. The van der Waals surface area contributed by atoms with Crippen molar-refractivity contribution in [1.82, 2.24) is 20.9 Å². The van der Waals surface area contributed by atoms with Gasteiger partial charge in [-0.25, -0.2) is 16.8 Å². The van der Waals surface area contributed by atoms with Gasteiger partial charge >= 0.3 is 0 Å². The Balaban J connectivity index is 2.09. The molecule has 0 aliphatic carbocycles. The zero-order valence-electron chi connectivity index (χ0n) is 19.3. The Bertz CT molecular complexity index is 1270. The van der Waals surface area contributed by atoms with E-state index in [-0.39, 0.29) is 11.7 Å². The third-order valence-corrected chi connectivity index (χ3v) is 5.07. The minimum absolute atomic E-state index is 0.0378. The molecule has 14 heteroatoms. The standard InChI is InChI=1S/C21H26N6O6S2/c1-26(20(22-15-34(30)31)16-10-6-4-7-11-16)23-18(28)14-19(29)24-27(2)21(25-35(3,32)33)17-12-8-5-9-13-17/h4-13,34H,14-15H2,1-3H3,(H,23,28)(H,24,29)/b22-20+,25-21+. The summed E-state index contributed by atoms with van der Waals surface area (Å²) in [6.07, 6.45) is 0.303. The monoisotopic (exact) mass is 522 g/mol. The number of amidine groups is 2. The minimum atomic E-state index is -3.79. The lowest BCUT2D eigenvalue weighted by Gasteiger charge is -2.24. The molecule has 0 saturated heterocycles. The van der Waals surface area contributed by atoms with Gasteiger partial charge in [0.1, 0.15) is 12.3 Å². The molecule has 12 nitrogen and oxygen atoms in total. The molecular weight excluding hydrogens is 496 g/mol. The number of carbonyl (C=O) groups excluding carboxylic acids is 2. The van der Waals surface area contributed by atoms with Gasteiger partial charge in [-0.15, -0.1) is 4.40 Å². The SMILES string of the molecule is CN(NC(=O)CC(=O)NN(C)/C(=N/S(C)(=O)=O)c1ccccc1)/C(=N/C[SH](=O)=O)c1ccccc1. The predicted octanol–water partition coefficient (Wildman–Crippen LogP) is -0.275. The number of nitrogens with zero attached hydrogens (tertiary/aromatic N) is 4. The van der Waals surface area contributed by atoms with E-state index in [1.165, 1.54) is 19.1 Å². The molecule has 0 aliphatic heterocycles. The molecule has 188 valence electrons. The maximum absolute atomic E-state index is 12.5. The first kappa shape index (κ1) is 27.5. The Labute approximate surface area is 205 Å². The molecule has 0 bridgehead atoms. The third-order valence-electron chi connectivity index (χ3n) is 4.19. The second-order valence-electron chi connectivity index (χ2n) is 7.20. The maximum Gasteiger partial charge on any atom is 0.252 e. The second-order valence-corrected chi connectivity index (χ2v) is 9.80. The van der Waals surface area contributed by atoms with Crippen LogP contribution in [-0.2, 0) is 30.3 Å². The van der Waals surface area contributed by atoms with Crippen LogP contribution in [-0.4, -0.2) is 76.6 Å². The summed E-state index contributed by atoms with van der Waals surface area (Å²) in [6.45, 7) is 0. The lowest BCUT2D eigenvalue weighted by atomic mass is 10.2. The molecule has 0 radical (unpaired) electrons. The summed E-state index contributed by atoms with van der Waals surface area (Å²) in [5, 5.41) is 2.32. The Kier molecular flexibility index (Phi) is 9.90. The molecule has 0 saturated carbocycles. The van der Waals surface area contributed by atoms with Crippen LogP contribution in [0, 0.1) is 0 Å². The first-order chi connectivity index (χ1) is 16.5. The highest BCUT2D eigenvalue weighted by Crippen LogP contribution is 2.06. The zero-order chi connectivity index (χ0) is 26.0. The van der Waals surface area contributed by atoms with Crippen molar-refractivity contribution in [1.29, 1.82) is 0 Å². The molecule has 0 unspecified atom stereocenters. The van der Waals surface area contributed by atoms with Crippen LogP contribution >= 0.6 is 0 Å². The van der Waals surface area contributed by atoms with Crippen molar-refractivity contribution in [3.05, 3.63) is 71.8 Å². The van der Waals surface area contributed by atoms with E-state index in [0.717, 1.165) is 11.3 Å². The van der Waals surface area contributed by atoms with Crippen molar-refractivity contribution in [3.63, 3.8) is 0 Å². The van der Waals surface area contributed by atoms with Crippen LogP contribution < -0.4 is 10.9 Å². The van der Waals surface area contributed by atoms with E-state index >= 15 is 0 Å². The van der Waals surface area contributed by atoms with Crippen molar-refractivity contribution in [3.8, 4) is 0 Å². The van der Waals surface area contributed by atoms with Crippen molar-refractivity contribution in [2.24, 2.45) is 9.39 Å². The van der Waals surface area contributed by atoms with Gasteiger partial charge in [-0.2, -0.15) is 0 Å². The van der Waals surface area contributed by atoms with Crippen LogP contribution in [0.3, 0.4) is 0 Å². The number of aliphatic imine (C=N–C) groups is 1. The number of hydrogen-bond donors (Lipinski definition) is 3. The molecule has 0 spiro atoms. The lowest BCUT2D eigenvalue weighted by Crippen LogP contribution is -2.48. The lowest BCUT2D eigenvalue weighted by molar-refractivity contribution is -0.132. The van der Waals surface area contributed by atoms with Gasteiger partial charge < -0.3 is 0 Å². The molecule has 2 N–H and O–H groups in total. The zero-order valence-corrected chi connectivity index (χ0v) is 21.0. The van der Waals surface area contributed by atoms with Crippen molar-refractivity contribution >= 4 is 44.2 Å². The third kappa shape index (κ3) is 9.54. The number of thiol groups is 1. The average molecular weight is 523 g/mol. The van der Waals surface area contributed by atoms with Gasteiger partial charge in [0.15, 0.2) is 22.4 Å². The molecule has 0 fully saturated rings. The first-order valence-corrected chi connectivity index (χ1v) is 13.3. The highest BCUT2D eigenvalue weighted by atomic mass is 32.2. The van der Waals surface area contributed by atoms with Crippen LogP contribution in [0.4, 0.5) is 0 Å². The van der Waals surface area contributed by atoms with E-state index in [4.69, 9.17) is 0 Å². The molecule has 2 aromatic carbocycles. The molecule has 2 aromatic rings. The predicted molar refractivity (Wildman–Crippen MR) is 132 cm³/mol. The van der Waals surface area contributed by atoms with Gasteiger partial charge in [0.25, 0.3) is 10.0 Å². The van der Waals surface area contributed by atoms with Gasteiger partial charge in [0.05, 0.1) is 6.26 Å². The number of sulfonamides is 1. The van der Waals surface area contributed by atoms with E-state index in [0.29, 0.717) is 11.1 Å². The fourth-order valence-electron chi connectivity index (χ4n) is 2.86. The molecule has 35 heavy (non-hydrogen) atoms. The Morgan fingerprint density at radius 3 is 1.69 bits per heavy atom. The van der Waals surface area contributed by atoms with E-state index < -0.39 is 44.8 Å². The number of carbonyl (C=O) groups is 2. The van der Waals surface area contributed by atoms with Crippen LogP contribution in [0.25, 0.3) is 0 Å². The minimum Gasteiger partial charge on any atom is -0.273 e. The van der Waals surface area contributed by atoms with Gasteiger partial charge in [-0.1, -0.05) is 60.7 Å². The summed E-state index contributed by atoms with van der Waals surface area (Å²) < 4.78 is 49.1. The molecule has 0 atom stereocenters. The number of benzene rings is 2. The van der Waals surface area contributed by atoms with Gasteiger partial charge in [-0.05, 0) is 0 Å². The Morgan fingerprint density at radius 2 is 1.26 bits per heavy atom. The van der Waals surface area contributed by atoms with Crippen molar-refractivity contribution in [2.45, 2.75) is 6.42 Å². The van der Waals surface area contributed by atoms with E-state index in [1.54, 1.807) is 60.7 Å². The fraction of sp³-hybridized carbons (Fsp3) is 0.238. The van der Waals surface area contributed by atoms with Crippen LogP contribution in [0.2, 0.25) is 0 Å². The van der Waals surface area contributed by atoms with Gasteiger partial charge in [0, 0.05) is 25.2 Å². The average Bonchev–Trinajstić information content (AvgIpc) is 2.77. The Morgan fingerprint density at radius 1 is 0.829 bits per heavy atom. The van der Waals surface area contributed by atoms with E-state index in [2.05, 4.69) is 20.2 Å². The van der Waals surface area contributed by atoms with Crippen molar-refractivity contribution in [2.75, 3.05) is 26.2 Å². The van der Waals surface area contributed by atoms with Crippen molar-refractivity contribution < 1.29 is 26.4 Å². The summed E-state index contributed by atoms with van der Waals surface area (Å²) >= 11 is 0. The number of rotatable bonds is 7. The fourth-order valence-corrected chi connectivity index (χ4v) is 3.65. The highest BCUT2D eigenvalue weighted by Gasteiger charge is 2.19. The largest absolute Gasteiger partial charge is 0.273 e. The van der Waals surface area contributed by atoms with E-state index in [1.807, 2.05) is 0 Å². The summed E-state index contributed by atoms with van der Waals surface area (Å²) in [7, 11) is -3.72. The smallest absolute Gasteiger partial charge is 0.252 e. The van der Waals surface area contributed by atoms with E-state index in [9.17, 15) is 26.4 Å². The normalized spacial score (nSPS) is 12.2. The van der Waals surface area contributed by atoms with Gasteiger partial charge in [0.2, 0.25) is 11.8 Å². The molecule has 0 aliphatic rings. The number of amides is 2. The molecule has 0 aromatic heterocycles. The number of hydrogen-bond acceptors (Lipinski definition) is 7. The molecule has 2 amide bonds. The second kappa shape index (κ2) is 12.6.